The van der Waals surface area contributed by atoms with Crippen LogP contribution in [0.25, 0.3) is 0 Å². The third-order valence-electron chi connectivity index (χ3n) is 0.696. The summed E-state index contributed by atoms with van der Waals surface area (Å²) >= 11 is 4.83. The van der Waals surface area contributed by atoms with E-state index >= 15 is 0 Å². The standard InChI is InChI=1S/C3H6ClO4P/c1-7-9(6,8-2)3(4)5/h1-2H3. The summed E-state index contributed by atoms with van der Waals surface area (Å²) in [7, 11) is -1.45. The topological polar surface area (TPSA) is 52.6 Å². The molecule has 0 aliphatic carbocycles. The Morgan fingerprint density at radius 3 is 1.78 bits per heavy atom. The van der Waals surface area contributed by atoms with E-state index < -0.39 is 12.6 Å². The van der Waals surface area contributed by atoms with Gasteiger partial charge in [0.05, 0.1) is 0 Å². The molecule has 0 saturated heterocycles. The van der Waals surface area contributed by atoms with Crippen molar-refractivity contribution in [3.63, 3.8) is 0 Å². The second-order valence-electron chi connectivity index (χ2n) is 1.12. The SMILES string of the molecule is COP(=O)(OC)C(=O)Cl. The van der Waals surface area contributed by atoms with Crippen LogP contribution in [0, 0.1) is 0 Å². The molecule has 4 nitrogen and oxygen atoms in total. The molecular formula is C3H6ClO4P. The second kappa shape index (κ2) is 3.32. The van der Waals surface area contributed by atoms with Crippen LogP contribution in [0.5, 0.6) is 0 Å². The Balaban J connectivity index is 4.30. The van der Waals surface area contributed by atoms with Crippen LogP contribution in [-0.4, -0.2) is 19.2 Å². The third-order valence-corrected chi connectivity index (χ3v) is 2.71. The van der Waals surface area contributed by atoms with E-state index in [1.54, 1.807) is 0 Å². The van der Waals surface area contributed by atoms with Gasteiger partial charge in [-0.2, -0.15) is 0 Å². The van der Waals surface area contributed by atoms with Gasteiger partial charge in [0.15, 0.2) is 0 Å². The summed E-state index contributed by atoms with van der Waals surface area (Å²) in [5.41, 5.74) is 0. The van der Waals surface area contributed by atoms with Crippen LogP contribution in [0.3, 0.4) is 0 Å². The molecule has 0 spiro atoms. The first-order chi connectivity index (χ1) is 4.06. The first-order valence-electron chi connectivity index (χ1n) is 1.98. The second-order valence-corrected chi connectivity index (χ2v) is 3.85. The van der Waals surface area contributed by atoms with Crippen molar-refractivity contribution in [2.24, 2.45) is 0 Å². The Morgan fingerprint density at radius 2 is 1.78 bits per heavy atom. The van der Waals surface area contributed by atoms with E-state index in [1.165, 1.54) is 0 Å². The van der Waals surface area contributed by atoms with E-state index in [9.17, 15) is 9.36 Å². The highest BCUT2D eigenvalue weighted by molar-refractivity contribution is 7.76. The average Bonchev–Trinajstić information content (AvgIpc) is 1.86. The minimum atomic E-state index is -3.63. The summed E-state index contributed by atoms with van der Waals surface area (Å²) in [4.78, 5) is 9.08. The van der Waals surface area contributed by atoms with Crippen molar-refractivity contribution in [2.45, 2.75) is 0 Å². The lowest BCUT2D eigenvalue weighted by Gasteiger charge is -2.05. The number of hydrogen-bond donors (Lipinski definition) is 0. The molecule has 0 atom stereocenters. The van der Waals surface area contributed by atoms with Crippen molar-refractivity contribution in [3.8, 4) is 0 Å². The number of carbonyl (C=O) groups excluding carboxylic acids is 1. The summed E-state index contributed by atoms with van der Waals surface area (Å²) in [6.45, 7) is 0. The van der Waals surface area contributed by atoms with Crippen LogP contribution in [0.4, 0.5) is 4.79 Å². The van der Waals surface area contributed by atoms with E-state index in [4.69, 9.17) is 11.6 Å². The summed E-state index contributed by atoms with van der Waals surface area (Å²) < 4.78 is 19.1. The van der Waals surface area contributed by atoms with Gasteiger partial charge in [-0.05, 0) is 11.6 Å². The molecule has 0 fully saturated rings. The van der Waals surface area contributed by atoms with Crippen LogP contribution < -0.4 is 0 Å². The van der Waals surface area contributed by atoms with Gasteiger partial charge in [0.2, 0.25) is 0 Å². The molecule has 0 heterocycles. The molecule has 0 bridgehead atoms. The van der Waals surface area contributed by atoms with Crippen molar-refractivity contribution >= 4 is 24.2 Å². The zero-order valence-corrected chi connectivity index (χ0v) is 6.61. The number of hydrogen-bond acceptors (Lipinski definition) is 4. The summed E-state index contributed by atoms with van der Waals surface area (Å²) in [5.74, 6) is 0. The Kier molecular flexibility index (Phi) is 3.36. The molecule has 0 amide bonds. The molecular weight excluding hydrogens is 166 g/mol. The quantitative estimate of drug-likeness (QED) is 0.481. The van der Waals surface area contributed by atoms with Gasteiger partial charge in [0.25, 0.3) is 0 Å². The van der Waals surface area contributed by atoms with Crippen molar-refractivity contribution in [2.75, 3.05) is 14.2 Å². The molecule has 0 aromatic carbocycles. The molecule has 0 rings (SSSR count). The summed E-state index contributed by atoms with van der Waals surface area (Å²) in [6, 6.07) is 0. The van der Waals surface area contributed by atoms with E-state index in [2.05, 4.69) is 9.05 Å². The molecule has 0 N–H and O–H groups in total. The lowest BCUT2D eigenvalue weighted by Crippen LogP contribution is -1.93. The molecule has 0 saturated carbocycles. The van der Waals surface area contributed by atoms with Crippen LogP contribution in [0.15, 0.2) is 0 Å². The van der Waals surface area contributed by atoms with Crippen LogP contribution in [0.2, 0.25) is 0 Å². The van der Waals surface area contributed by atoms with Gasteiger partial charge >= 0.3 is 12.6 Å². The van der Waals surface area contributed by atoms with Gasteiger partial charge in [-0.1, -0.05) is 0 Å². The molecule has 54 valence electrons. The lowest BCUT2D eigenvalue weighted by molar-refractivity contribution is 0.248. The highest BCUT2D eigenvalue weighted by atomic mass is 35.5. The number of carbonyl (C=O) groups is 1. The van der Waals surface area contributed by atoms with Gasteiger partial charge in [0, 0.05) is 14.2 Å². The van der Waals surface area contributed by atoms with Crippen molar-refractivity contribution in [3.05, 3.63) is 0 Å². The van der Waals surface area contributed by atoms with Gasteiger partial charge in [-0.3, -0.25) is 4.79 Å². The molecule has 0 radical (unpaired) electrons. The van der Waals surface area contributed by atoms with Gasteiger partial charge in [-0.25, -0.2) is 4.57 Å². The van der Waals surface area contributed by atoms with Gasteiger partial charge in [0.1, 0.15) is 0 Å². The Morgan fingerprint density at radius 1 is 1.44 bits per heavy atom. The Labute approximate surface area is 57.6 Å². The highest BCUT2D eigenvalue weighted by Gasteiger charge is 2.29. The third kappa shape index (κ3) is 2.06. The van der Waals surface area contributed by atoms with Crippen molar-refractivity contribution in [1.29, 1.82) is 0 Å². The zero-order valence-electron chi connectivity index (χ0n) is 4.96. The zero-order chi connectivity index (χ0) is 7.49. The molecule has 0 unspecified atom stereocenters. The number of rotatable bonds is 3. The Bertz CT molecular complexity index is 148. The van der Waals surface area contributed by atoms with Gasteiger partial charge < -0.3 is 9.05 Å². The van der Waals surface area contributed by atoms with Crippen LogP contribution in [-0.2, 0) is 13.6 Å². The number of halogens is 1. The molecule has 0 aliphatic heterocycles. The molecule has 0 aromatic rings. The predicted molar refractivity (Wildman–Crippen MR) is 32.9 cm³/mol. The minimum Gasteiger partial charge on any atom is -0.306 e. The van der Waals surface area contributed by atoms with E-state index in [-0.39, 0.29) is 0 Å². The maximum atomic E-state index is 10.7. The largest absolute Gasteiger partial charge is 0.412 e. The maximum Gasteiger partial charge on any atom is 0.412 e. The monoisotopic (exact) mass is 172 g/mol. The fraction of sp³-hybridized carbons (Fsp3) is 0.667. The average molecular weight is 173 g/mol. The molecule has 0 aliphatic rings. The summed E-state index contributed by atoms with van der Waals surface area (Å²) in [5, 5.41) is 0. The van der Waals surface area contributed by atoms with E-state index in [0.29, 0.717) is 0 Å². The van der Waals surface area contributed by atoms with E-state index in [1.807, 2.05) is 0 Å². The normalized spacial score (nSPS) is 11.4. The Hall–Kier alpha value is 0.110. The van der Waals surface area contributed by atoms with Gasteiger partial charge in [-0.15, -0.1) is 0 Å². The fourth-order valence-electron chi connectivity index (χ4n) is 0.218. The highest BCUT2D eigenvalue weighted by Crippen LogP contribution is 2.49. The molecule has 6 heteroatoms. The molecule has 9 heavy (non-hydrogen) atoms. The fourth-order valence-corrected chi connectivity index (χ4v) is 1.07. The minimum absolute atomic E-state index is 1.09. The van der Waals surface area contributed by atoms with E-state index in [0.717, 1.165) is 14.2 Å². The first kappa shape index (κ1) is 9.11. The molecule has 0 aromatic heterocycles. The maximum absolute atomic E-state index is 10.7. The predicted octanol–water partition coefficient (Wildman–Crippen LogP) is 1.83. The van der Waals surface area contributed by atoms with Crippen LogP contribution in [0.1, 0.15) is 0 Å². The first-order valence-corrected chi connectivity index (χ1v) is 3.90. The van der Waals surface area contributed by atoms with Crippen molar-refractivity contribution < 1.29 is 18.4 Å². The van der Waals surface area contributed by atoms with Crippen LogP contribution >= 0.6 is 19.2 Å². The summed E-state index contributed by atoms with van der Waals surface area (Å²) in [6.07, 6.45) is 0. The lowest BCUT2D eigenvalue weighted by atomic mass is 11.8. The smallest absolute Gasteiger partial charge is 0.306 e. The van der Waals surface area contributed by atoms with Crippen molar-refractivity contribution in [1.82, 2.24) is 0 Å².